The molecule has 1 saturated heterocycles. The molecule has 1 unspecified atom stereocenters. The summed E-state index contributed by atoms with van der Waals surface area (Å²) in [6.45, 7) is 5.32. The Labute approximate surface area is 252 Å². The number of carbonyl (C=O) groups excluding carboxylic acids is 4. The van der Waals surface area contributed by atoms with Crippen molar-refractivity contribution in [3.63, 3.8) is 0 Å². The van der Waals surface area contributed by atoms with Crippen LogP contribution in [0.5, 0.6) is 0 Å². The average molecular weight is 588 g/mol. The molecule has 1 aromatic heterocycles. The summed E-state index contributed by atoms with van der Waals surface area (Å²) in [5.41, 5.74) is 2.02. The van der Waals surface area contributed by atoms with E-state index in [-0.39, 0.29) is 43.8 Å². The van der Waals surface area contributed by atoms with E-state index in [1.807, 2.05) is 29.2 Å². The largest absolute Gasteiger partial charge is 0.444 e. The predicted octanol–water partition coefficient (Wildman–Crippen LogP) is 4.45. The lowest BCUT2D eigenvalue weighted by Crippen LogP contribution is -2.53. The molecule has 43 heavy (non-hydrogen) atoms. The monoisotopic (exact) mass is 587 g/mol. The van der Waals surface area contributed by atoms with E-state index < -0.39 is 17.8 Å². The van der Waals surface area contributed by atoms with Gasteiger partial charge in [0.1, 0.15) is 5.60 Å². The SMILES string of the molecule is [2H]CC(C)(C)OC(=O)N1CCOC(C(=O)N(Cc2cn(CCCN3C(=O)c4ccccc4C3=O)c3ccccc23)C2CC2)C1. The number of hydrogen-bond acceptors (Lipinski definition) is 6. The van der Waals surface area contributed by atoms with Crippen molar-refractivity contribution in [3.05, 3.63) is 71.4 Å². The maximum absolute atomic E-state index is 13.8. The molecule has 2 aromatic carbocycles. The van der Waals surface area contributed by atoms with Crippen LogP contribution < -0.4 is 0 Å². The van der Waals surface area contributed by atoms with Gasteiger partial charge in [0, 0.05) is 50.7 Å². The number of aryl methyl sites for hydroxylation is 1. The molecule has 2 aliphatic heterocycles. The number of ether oxygens (including phenoxy) is 2. The van der Waals surface area contributed by atoms with Gasteiger partial charge in [-0.1, -0.05) is 30.3 Å². The summed E-state index contributed by atoms with van der Waals surface area (Å²) in [5, 5.41) is 1.04. The van der Waals surface area contributed by atoms with E-state index in [1.54, 1.807) is 38.1 Å². The van der Waals surface area contributed by atoms with Crippen molar-refractivity contribution in [1.82, 2.24) is 19.3 Å². The maximum Gasteiger partial charge on any atom is 0.410 e. The molecule has 0 radical (unpaired) electrons. The Kier molecular flexibility index (Phi) is 7.38. The van der Waals surface area contributed by atoms with E-state index in [2.05, 4.69) is 10.8 Å². The van der Waals surface area contributed by atoms with Crippen LogP contribution in [0.3, 0.4) is 0 Å². The van der Waals surface area contributed by atoms with Crippen LogP contribution in [0, 0.1) is 0 Å². The Morgan fingerprint density at radius 1 is 1.05 bits per heavy atom. The minimum atomic E-state index is -0.909. The molecular weight excluding hydrogens is 548 g/mol. The molecule has 6 rings (SSSR count). The van der Waals surface area contributed by atoms with Crippen LogP contribution in [-0.2, 0) is 27.4 Å². The van der Waals surface area contributed by atoms with E-state index >= 15 is 0 Å². The van der Waals surface area contributed by atoms with Gasteiger partial charge < -0.3 is 23.8 Å². The summed E-state index contributed by atoms with van der Waals surface area (Å²) in [6, 6.07) is 15.1. The molecule has 10 nitrogen and oxygen atoms in total. The zero-order chi connectivity index (χ0) is 31.0. The Balaban J connectivity index is 1.14. The van der Waals surface area contributed by atoms with Crippen LogP contribution >= 0.6 is 0 Å². The number of aromatic nitrogens is 1. The molecule has 4 amide bonds. The Hall–Kier alpha value is -4.18. The molecule has 0 spiro atoms. The van der Waals surface area contributed by atoms with Crippen molar-refractivity contribution in [2.45, 2.75) is 70.8 Å². The third-order valence-electron chi connectivity index (χ3n) is 8.11. The molecule has 226 valence electrons. The molecule has 0 N–H and O–H groups in total. The summed E-state index contributed by atoms with van der Waals surface area (Å²) in [6.07, 6.45) is 3.16. The van der Waals surface area contributed by atoms with E-state index in [1.165, 1.54) is 9.80 Å². The Morgan fingerprint density at radius 2 is 1.74 bits per heavy atom. The molecule has 3 aromatic rings. The van der Waals surface area contributed by atoms with Gasteiger partial charge in [0.25, 0.3) is 17.7 Å². The van der Waals surface area contributed by atoms with Gasteiger partial charge in [0.2, 0.25) is 0 Å². The second kappa shape index (κ2) is 11.5. The van der Waals surface area contributed by atoms with Gasteiger partial charge in [0.15, 0.2) is 6.10 Å². The first-order chi connectivity index (χ1) is 21.2. The van der Waals surface area contributed by atoms with Crippen LogP contribution in [-0.4, -0.2) is 87.1 Å². The first kappa shape index (κ1) is 27.6. The van der Waals surface area contributed by atoms with Gasteiger partial charge in [-0.25, -0.2) is 4.79 Å². The highest BCUT2D eigenvalue weighted by molar-refractivity contribution is 6.21. The van der Waals surface area contributed by atoms with Gasteiger partial charge in [-0.2, -0.15) is 0 Å². The number of para-hydroxylation sites is 1. The summed E-state index contributed by atoms with van der Waals surface area (Å²) in [5.74, 6) is -0.648. The highest BCUT2D eigenvalue weighted by Crippen LogP contribution is 2.32. The number of nitrogens with zero attached hydrogens (tertiary/aromatic N) is 4. The van der Waals surface area contributed by atoms with Crippen molar-refractivity contribution in [2.24, 2.45) is 0 Å². The first-order valence-corrected chi connectivity index (χ1v) is 14.9. The minimum absolute atomic E-state index is 0.0583. The molecule has 1 saturated carbocycles. The number of morpholine rings is 1. The zero-order valence-electron chi connectivity index (χ0n) is 25.7. The van der Waals surface area contributed by atoms with Crippen molar-refractivity contribution < 1.29 is 30.0 Å². The second-order valence-electron chi connectivity index (χ2n) is 12.2. The highest BCUT2D eigenvalue weighted by atomic mass is 16.6. The number of imide groups is 1. The Morgan fingerprint density at radius 3 is 2.44 bits per heavy atom. The molecule has 0 bridgehead atoms. The maximum atomic E-state index is 13.8. The zero-order valence-corrected chi connectivity index (χ0v) is 24.7. The van der Waals surface area contributed by atoms with Crippen LogP contribution in [0.1, 0.15) is 67.7 Å². The van der Waals surface area contributed by atoms with Gasteiger partial charge in [0.05, 0.1) is 24.3 Å². The van der Waals surface area contributed by atoms with Gasteiger partial charge >= 0.3 is 6.09 Å². The summed E-state index contributed by atoms with van der Waals surface area (Å²) in [4.78, 5) is 56.9. The summed E-state index contributed by atoms with van der Waals surface area (Å²) < 4.78 is 21.1. The number of fused-ring (bicyclic) bond motifs is 2. The van der Waals surface area contributed by atoms with Crippen LogP contribution in [0.15, 0.2) is 54.7 Å². The van der Waals surface area contributed by atoms with E-state index in [0.717, 1.165) is 29.3 Å². The second-order valence-corrected chi connectivity index (χ2v) is 12.2. The van der Waals surface area contributed by atoms with Crippen LogP contribution in [0.4, 0.5) is 4.79 Å². The molecule has 3 aliphatic rings. The van der Waals surface area contributed by atoms with Crippen LogP contribution in [0.25, 0.3) is 10.9 Å². The number of amides is 4. The smallest absolute Gasteiger partial charge is 0.410 e. The topological polar surface area (TPSA) is 101 Å². The quantitative estimate of drug-likeness (QED) is 0.361. The average Bonchev–Trinajstić information content (AvgIpc) is 3.78. The highest BCUT2D eigenvalue weighted by Gasteiger charge is 2.40. The fourth-order valence-electron chi connectivity index (χ4n) is 5.88. The van der Waals surface area contributed by atoms with E-state index in [4.69, 9.17) is 10.8 Å². The fraction of sp³-hybridized carbons (Fsp3) is 0.455. The number of hydrogen-bond donors (Lipinski definition) is 0. The van der Waals surface area contributed by atoms with Crippen molar-refractivity contribution in [3.8, 4) is 0 Å². The summed E-state index contributed by atoms with van der Waals surface area (Å²) in [7, 11) is 0. The molecule has 1 atom stereocenters. The van der Waals surface area contributed by atoms with Gasteiger partial charge in [-0.15, -0.1) is 0 Å². The molecule has 2 fully saturated rings. The number of rotatable bonds is 8. The molecule has 1 aliphatic carbocycles. The standard InChI is InChI=1S/C33H38N4O6/c1-33(2,3)43-32(41)35-17-18-42-28(21-35)31(40)37(23-13-14-23)20-22-19-34(27-12-7-6-9-24(22)27)15-8-16-36-29(38)25-10-4-5-11-26(25)30(36)39/h4-7,9-12,19,23,28H,8,13-18,20-21H2,1-3H3/i1D. The van der Waals surface area contributed by atoms with E-state index in [0.29, 0.717) is 43.7 Å². The Bertz CT molecular complexity index is 1560. The van der Waals surface area contributed by atoms with Crippen molar-refractivity contribution in [1.29, 1.82) is 0 Å². The minimum Gasteiger partial charge on any atom is -0.444 e. The van der Waals surface area contributed by atoms with Gasteiger partial charge in [-0.3, -0.25) is 19.3 Å². The number of benzene rings is 2. The predicted molar refractivity (Wildman–Crippen MR) is 159 cm³/mol. The third kappa shape index (κ3) is 6.01. The van der Waals surface area contributed by atoms with E-state index in [9.17, 15) is 19.2 Å². The molecule has 10 heteroatoms. The fourth-order valence-corrected chi connectivity index (χ4v) is 5.88. The third-order valence-corrected chi connectivity index (χ3v) is 8.11. The molecule has 3 heterocycles. The lowest BCUT2D eigenvalue weighted by Gasteiger charge is -2.35. The van der Waals surface area contributed by atoms with Crippen molar-refractivity contribution >= 4 is 34.7 Å². The summed E-state index contributed by atoms with van der Waals surface area (Å²) >= 11 is 0. The van der Waals surface area contributed by atoms with Crippen LogP contribution in [0.2, 0.25) is 0 Å². The first-order valence-electron chi connectivity index (χ1n) is 15.6. The molecular formula is C33H38N4O6. The van der Waals surface area contributed by atoms with Gasteiger partial charge in [-0.05, 0) is 63.8 Å². The lowest BCUT2D eigenvalue weighted by molar-refractivity contribution is -0.150. The lowest BCUT2D eigenvalue weighted by atomic mass is 10.1. The number of carbonyl (C=O) groups is 4. The normalized spacial score (nSPS) is 19.0. The van der Waals surface area contributed by atoms with Crippen molar-refractivity contribution in [2.75, 3.05) is 26.2 Å².